The average molecular weight is 339 g/mol. The van der Waals surface area contributed by atoms with Crippen LogP contribution in [0.1, 0.15) is 0 Å². The van der Waals surface area contributed by atoms with Gasteiger partial charge < -0.3 is 9.79 Å². The molecule has 1 atom stereocenters. The molecule has 0 bridgehead atoms. The van der Waals surface area contributed by atoms with Crippen molar-refractivity contribution in [3.63, 3.8) is 0 Å². The van der Waals surface area contributed by atoms with E-state index < -0.39 is 24.7 Å². The van der Waals surface area contributed by atoms with Crippen LogP contribution < -0.4 is 0 Å². The summed E-state index contributed by atoms with van der Waals surface area (Å²) in [5.41, 5.74) is -1.34. The molecule has 10 radical (unpaired) electrons. The topological polar surface area (TPSA) is 101 Å². The van der Waals surface area contributed by atoms with Crippen molar-refractivity contribution in [1.29, 1.82) is 0 Å². The molecule has 0 saturated heterocycles. The maximum Gasteiger partial charge on any atom is 2.00 e. The second-order valence-electron chi connectivity index (χ2n) is 3.80. The Labute approximate surface area is 130 Å². The minimum absolute atomic E-state index is 0. The fourth-order valence-corrected chi connectivity index (χ4v) is 2.39. The van der Waals surface area contributed by atoms with E-state index >= 15 is 0 Å². The van der Waals surface area contributed by atoms with Crippen LogP contribution in [0.3, 0.4) is 0 Å². The second kappa shape index (κ2) is 9.91. The predicted octanol–water partition coefficient (Wildman–Crippen LogP) is 1.23. The van der Waals surface area contributed by atoms with Crippen LogP contribution in [0.5, 0.6) is 0 Å². The van der Waals surface area contributed by atoms with E-state index in [4.69, 9.17) is 9.79 Å². The smallest absolute Gasteiger partial charge is 0.324 e. The van der Waals surface area contributed by atoms with Crippen LogP contribution in [0.25, 0.3) is 0 Å². The zero-order valence-corrected chi connectivity index (χ0v) is 12.3. The molecule has 0 aromatic heterocycles. The van der Waals surface area contributed by atoms with Crippen LogP contribution in [0.15, 0.2) is 0 Å². The van der Waals surface area contributed by atoms with Crippen molar-refractivity contribution in [3.8, 4) is 0 Å². The van der Waals surface area contributed by atoms with E-state index in [0.717, 1.165) is 0 Å². The Morgan fingerprint density at radius 2 is 1.45 bits per heavy atom. The van der Waals surface area contributed by atoms with Crippen molar-refractivity contribution in [2.24, 2.45) is 0 Å². The summed E-state index contributed by atoms with van der Waals surface area (Å²) in [6.07, 6.45) is 16.1. The molecular formula is C12H14FeNO5P+2. The summed E-state index contributed by atoms with van der Waals surface area (Å²) in [4.78, 5) is 27.3. The minimum atomic E-state index is -4.46. The van der Waals surface area contributed by atoms with Crippen LogP contribution in [-0.4, -0.2) is 26.9 Å². The maximum atomic E-state index is 11.0. The number of hydrogen-bond acceptors (Lipinski definition) is 3. The number of rotatable bonds is 4. The fraction of sp³-hybridized carbons (Fsp3) is 0.167. The molecule has 2 aliphatic rings. The van der Waals surface area contributed by atoms with Crippen molar-refractivity contribution in [1.82, 2.24) is 0 Å². The predicted molar refractivity (Wildman–Crippen MR) is 69.6 cm³/mol. The van der Waals surface area contributed by atoms with Crippen LogP contribution in [0, 0.1) is 73.8 Å². The minimum Gasteiger partial charge on any atom is -0.324 e. The Morgan fingerprint density at radius 1 is 1.05 bits per heavy atom. The zero-order chi connectivity index (χ0) is 14.3. The molecule has 20 heavy (non-hydrogen) atoms. The Hall–Kier alpha value is 0.0695. The van der Waals surface area contributed by atoms with Gasteiger partial charge in [-0.05, 0) is 57.8 Å². The van der Waals surface area contributed by atoms with Crippen LogP contribution in [-0.2, 0) is 21.6 Å². The van der Waals surface area contributed by atoms with E-state index in [0.29, 0.717) is 5.92 Å². The molecule has 6 nitrogen and oxygen atoms in total. The summed E-state index contributed by atoms with van der Waals surface area (Å²) in [6.45, 7) is -0.756. The summed E-state index contributed by atoms with van der Waals surface area (Å²) in [5, 5.41) is 10.2. The molecule has 2 aliphatic carbocycles. The SMILES string of the molecule is O=[N+]([O-])C[C@@H]([C]1[CH][CH][CH][CH]1)P(=O)(O)O.[CH]1[CH][CH][CH][CH]1.[Fe+2]. The summed E-state index contributed by atoms with van der Waals surface area (Å²) >= 11 is 0. The molecule has 2 rings (SSSR count). The third-order valence-electron chi connectivity index (χ3n) is 2.36. The molecule has 0 amide bonds. The molecule has 0 aliphatic heterocycles. The van der Waals surface area contributed by atoms with Crippen molar-refractivity contribution >= 4 is 7.60 Å². The Bertz CT molecular complexity index is 318. The van der Waals surface area contributed by atoms with Gasteiger partial charge in [0.1, 0.15) is 5.66 Å². The third kappa shape index (κ3) is 7.75. The number of nitro groups is 1. The Balaban J connectivity index is 0.000000507. The quantitative estimate of drug-likeness (QED) is 0.347. The van der Waals surface area contributed by atoms with Gasteiger partial charge in [0.25, 0.3) is 0 Å². The monoisotopic (exact) mass is 339 g/mol. The third-order valence-corrected chi connectivity index (χ3v) is 3.63. The first-order valence-electron chi connectivity index (χ1n) is 5.46. The Kier molecular flexibility index (Phi) is 9.94. The van der Waals surface area contributed by atoms with Crippen molar-refractivity contribution in [2.45, 2.75) is 5.66 Å². The molecule has 0 aromatic carbocycles. The standard InChI is InChI=1S/C7H9NO5P.C5H5.Fe/c9-8(10)5-7(14(11,12)13)6-3-1-2-4-6;1-2-4-5-3-1;/h1-4,7H,5H2,(H2,11,12,13);1-5H;/q;;+2/t7-;;/m0../s1. The summed E-state index contributed by atoms with van der Waals surface area (Å²) in [5.74, 6) is 0.301. The van der Waals surface area contributed by atoms with Gasteiger partial charge in [-0.25, -0.2) is 0 Å². The molecule has 2 N–H and O–H groups in total. The van der Waals surface area contributed by atoms with Gasteiger partial charge in [0.15, 0.2) is 0 Å². The van der Waals surface area contributed by atoms with Gasteiger partial charge in [-0.1, -0.05) is 0 Å². The molecule has 8 heteroatoms. The van der Waals surface area contributed by atoms with Crippen molar-refractivity contribution < 1.29 is 36.3 Å². The van der Waals surface area contributed by atoms with Gasteiger partial charge in [0, 0.05) is 10.8 Å². The summed E-state index contributed by atoms with van der Waals surface area (Å²) < 4.78 is 11.0. The molecular weight excluding hydrogens is 325 g/mol. The molecule has 2 fully saturated rings. The number of hydrogen-bond donors (Lipinski definition) is 2. The van der Waals surface area contributed by atoms with Gasteiger partial charge in [0.05, 0.1) is 0 Å². The van der Waals surface area contributed by atoms with E-state index in [1.165, 1.54) is 12.8 Å². The molecule has 0 aromatic rings. The van der Waals surface area contributed by atoms with Gasteiger partial charge in [-0.15, -0.1) is 0 Å². The molecule has 0 spiro atoms. The second-order valence-corrected chi connectivity index (χ2v) is 5.60. The summed E-state index contributed by atoms with van der Waals surface area (Å²) in [7, 11) is -4.46. The van der Waals surface area contributed by atoms with Crippen molar-refractivity contribution in [2.75, 3.05) is 6.54 Å². The normalized spacial score (nSPS) is 20.7. The van der Waals surface area contributed by atoms with Gasteiger partial charge in [-0.3, -0.25) is 14.7 Å². The van der Waals surface area contributed by atoms with Crippen LogP contribution in [0.2, 0.25) is 0 Å². The van der Waals surface area contributed by atoms with E-state index in [1.807, 2.05) is 32.1 Å². The van der Waals surface area contributed by atoms with Crippen LogP contribution in [0.4, 0.5) is 0 Å². The van der Waals surface area contributed by atoms with Crippen molar-refractivity contribution in [3.05, 3.63) is 73.8 Å². The van der Waals surface area contributed by atoms with E-state index in [9.17, 15) is 14.7 Å². The molecule has 108 valence electrons. The van der Waals surface area contributed by atoms with Gasteiger partial charge >= 0.3 is 24.7 Å². The van der Waals surface area contributed by atoms with Gasteiger partial charge in [-0.2, -0.15) is 0 Å². The number of nitrogens with zero attached hydrogens (tertiary/aromatic N) is 1. The molecule has 2 saturated carbocycles. The zero-order valence-electron chi connectivity index (χ0n) is 10.3. The van der Waals surface area contributed by atoms with Gasteiger partial charge in [0.2, 0.25) is 6.54 Å². The molecule has 0 heterocycles. The average Bonchev–Trinajstić information content (AvgIpc) is 3.00. The first-order valence-corrected chi connectivity index (χ1v) is 7.14. The summed E-state index contributed by atoms with van der Waals surface area (Å²) in [6, 6.07) is 0. The first kappa shape index (κ1) is 20.1. The first-order chi connectivity index (χ1) is 8.91. The molecule has 0 unspecified atom stereocenters. The van der Waals surface area contributed by atoms with E-state index in [-0.39, 0.29) is 17.1 Å². The van der Waals surface area contributed by atoms with E-state index in [2.05, 4.69) is 0 Å². The largest absolute Gasteiger partial charge is 2.00 e. The maximum absolute atomic E-state index is 11.0. The Morgan fingerprint density at radius 3 is 1.75 bits per heavy atom. The van der Waals surface area contributed by atoms with Crippen LogP contribution >= 0.6 is 7.60 Å². The fourth-order valence-electron chi connectivity index (χ4n) is 1.48. The van der Waals surface area contributed by atoms with E-state index in [1.54, 1.807) is 12.8 Å².